The fourth-order valence-corrected chi connectivity index (χ4v) is 3.89. The molecule has 2 aliphatic rings. The van der Waals surface area contributed by atoms with Gasteiger partial charge in [0.1, 0.15) is 11.5 Å². The van der Waals surface area contributed by atoms with Crippen molar-refractivity contribution in [2.24, 2.45) is 11.8 Å². The Kier molecular flexibility index (Phi) is 4.62. The van der Waals surface area contributed by atoms with Crippen molar-refractivity contribution in [1.82, 2.24) is 0 Å². The van der Waals surface area contributed by atoms with Crippen LogP contribution < -0.4 is 4.74 Å². The zero-order valence-corrected chi connectivity index (χ0v) is 13.1. The number of rotatable bonds is 5. The van der Waals surface area contributed by atoms with Crippen molar-refractivity contribution in [1.29, 1.82) is 0 Å². The topological polar surface area (TPSA) is 26.3 Å². The van der Waals surface area contributed by atoms with Crippen molar-refractivity contribution in [2.45, 2.75) is 58.3 Å². The lowest BCUT2D eigenvalue weighted by molar-refractivity contribution is -0.125. The molecule has 1 aliphatic heterocycles. The van der Waals surface area contributed by atoms with Crippen LogP contribution in [0.2, 0.25) is 0 Å². The summed E-state index contributed by atoms with van der Waals surface area (Å²) < 4.78 is 5.55. The third-order valence-corrected chi connectivity index (χ3v) is 5.10. The van der Waals surface area contributed by atoms with Crippen LogP contribution in [-0.4, -0.2) is 12.4 Å². The standard InChI is InChI=1S/C19H26O2/c1-2-3-14-5-8-18(20)16(12-14)7-4-15-6-9-19-17(13-15)10-11-21-19/h6,9,13-14,16H,2-5,7-8,10-12H2,1H3. The second-order valence-electron chi connectivity index (χ2n) is 6.67. The molecule has 0 radical (unpaired) electrons. The van der Waals surface area contributed by atoms with Crippen molar-refractivity contribution in [3.63, 3.8) is 0 Å². The van der Waals surface area contributed by atoms with Crippen LogP contribution in [0.25, 0.3) is 0 Å². The van der Waals surface area contributed by atoms with E-state index in [0.717, 1.165) is 56.8 Å². The van der Waals surface area contributed by atoms with Crippen molar-refractivity contribution in [2.75, 3.05) is 6.61 Å². The van der Waals surface area contributed by atoms with Gasteiger partial charge in [-0.3, -0.25) is 4.79 Å². The first kappa shape index (κ1) is 14.6. The lowest BCUT2D eigenvalue weighted by atomic mass is 9.76. The smallest absolute Gasteiger partial charge is 0.136 e. The number of Topliss-reactive ketones (excluding diaryl/α,β-unsaturated/α-hetero) is 1. The number of hydrogen-bond acceptors (Lipinski definition) is 2. The summed E-state index contributed by atoms with van der Waals surface area (Å²) in [5.41, 5.74) is 2.70. The van der Waals surface area contributed by atoms with Gasteiger partial charge in [0.2, 0.25) is 0 Å². The molecule has 1 saturated carbocycles. The average molecular weight is 286 g/mol. The Morgan fingerprint density at radius 1 is 1.24 bits per heavy atom. The van der Waals surface area contributed by atoms with Gasteiger partial charge in [0, 0.05) is 18.8 Å². The minimum absolute atomic E-state index is 0.305. The largest absolute Gasteiger partial charge is 0.493 e. The van der Waals surface area contributed by atoms with E-state index in [1.165, 1.54) is 24.0 Å². The molecule has 2 unspecified atom stereocenters. The maximum Gasteiger partial charge on any atom is 0.136 e. The van der Waals surface area contributed by atoms with Crippen LogP contribution in [0.1, 0.15) is 56.6 Å². The first-order chi connectivity index (χ1) is 10.3. The molecule has 1 aromatic rings. The molecule has 0 spiro atoms. The van der Waals surface area contributed by atoms with E-state index in [-0.39, 0.29) is 0 Å². The summed E-state index contributed by atoms with van der Waals surface area (Å²) in [6.07, 6.45) is 8.69. The molecule has 2 nitrogen and oxygen atoms in total. The Morgan fingerprint density at radius 3 is 3.00 bits per heavy atom. The van der Waals surface area contributed by atoms with Gasteiger partial charge in [-0.15, -0.1) is 0 Å². The van der Waals surface area contributed by atoms with E-state index < -0.39 is 0 Å². The van der Waals surface area contributed by atoms with E-state index in [4.69, 9.17) is 4.74 Å². The summed E-state index contributed by atoms with van der Waals surface area (Å²) in [5, 5.41) is 0. The molecule has 1 heterocycles. The highest BCUT2D eigenvalue weighted by Crippen LogP contribution is 2.33. The van der Waals surface area contributed by atoms with E-state index in [0.29, 0.717) is 11.7 Å². The molecule has 1 aliphatic carbocycles. The zero-order valence-electron chi connectivity index (χ0n) is 13.1. The summed E-state index contributed by atoms with van der Waals surface area (Å²) in [5.74, 6) is 2.65. The van der Waals surface area contributed by atoms with Crippen LogP contribution in [0.3, 0.4) is 0 Å². The van der Waals surface area contributed by atoms with Crippen molar-refractivity contribution in [3.05, 3.63) is 29.3 Å². The number of aryl methyl sites for hydroxylation is 1. The van der Waals surface area contributed by atoms with Crippen molar-refractivity contribution < 1.29 is 9.53 Å². The molecular formula is C19H26O2. The molecule has 2 heteroatoms. The summed E-state index contributed by atoms with van der Waals surface area (Å²) in [4.78, 5) is 12.1. The van der Waals surface area contributed by atoms with Gasteiger partial charge in [0.15, 0.2) is 0 Å². The monoisotopic (exact) mass is 286 g/mol. The SMILES string of the molecule is CCCC1CCC(=O)C(CCc2ccc3c(c2)CCO3)C1. The van der Waals surface area contributed by atoms with Gasteiger partial charge in [0.05, 0.1) is 6.61 Å². The van der Waals surface area contributed by atoms with Crippen LogP contribution >= 0.6 is 0 Å². The van der Waals surface area contributed by atoms with Crippen LogP contribution in [0.15, 0.2) is 18.2 Å². The minimum atomic E-state index is 0.305. The number of carbonyl (C=O) groups is 1. The molecule has 1 fully saturated rings. The van der Waals surface area contributed by atoms with Crippen LogP contribution in [0.4, 0.5) is 0 Å². The average Bonchev–Trinajstić information content (AvgIpc) is 2.95. The molecule has 114 valence electrons. The van der Waals surface area contributed by atoms with E-state index in [9.17, 15) is 4.79 Å². The fraction of sp³-hybridized carbons (Fsp3) is 0.632. The highest BCUT2D eigenvalue weighted by atomic mass is 16.5. The van der Waals surface area contributed by atoms with Crippen LogP contribution in [-0.2, 0) is 17.6 Å². The molecular weight excluding hydrogens is 260 g/mol. The normalized spacial score (nSPS) is 24.7. The molecule has 0 amide bonds. The Hall–Kier alpha value is -1.31. The van der Waals surface area contributed by atoms with Gasteiger partial charge in [0.25, 0.3) is 0 Å². The lowest BCUT2D eigenvalue weighted by Crippen LogP contribution is -2.25. The van der Waals surface area contributed by atoms with E-state index >= 15 is 0 Å². The molecule has 2 atom stereocenters. The Morgan fingerprint density at radius 2 is 2.14 bits per heavy atom. The molecule has 0 aromatic heterocycles. The van der Waals surface area contributed by atoms with E-state index in [1.54, 1.807) is 0 Å². The highest BCUT2D eigenvalue weighted by Gasteiger charge is 2.27. The molecule has 21 heavy (non-hydrogen) atoms. The quantitative estimate of drug-likeness (QED) is 0.805. The van der Waals surface area contributed by atoms with Crippen molar-refractivity contribution in [3.8, 4) is 5.75 Å². The van der Waals surface area contributed by atoms with Gasteiger partial charge in [-0.05, 0) is 48.8 Å². The number of carbonyl (C=O) groups excluding carboxylic acids is 1. The summed E-state index contributed by atoms with van der Waals surface area (Å²) >= 11 is 0. The lowest BCUT2D eigenvalue weighted by Gasteiger charge is -2.28. The number of fused-ring (bicyclic) bond motifs is 1. The highest BCUT2D eigenvalue weighted by molar-refractivity contribution is 5.81. The van der Waals surface area contributed by atoms with Crippen molar-refractivity contribution >= 4 is 5.78 Å². The maximum absolute atomic E-state index is 12.1. The summed E-state index contributed by atoms with van der Waals surface area (Å²) in [6.45, 7) is 3.07. The predicted octanol–water partition coefficient (Wildman–Crippen LogP) is 4.34. The zero-order chi connectivity index (χ0) is 14.7. The van der Waals surface area contributed by atoms with Gasteiger partial charge in [-0.2, -0.15) is 0 Å². The Bertz CT molecular complexity index is 506. The number of hydrogen-bond donors (Lipinski definition) is 0. The van der Waals surface area contributed by atoms with Gasteiger partial charge in [-0.25, -0.2) is 0 Å². The van der Waals surface area contributed by atoms with E-state index in [1.807, 2.05) is 0 Å². The third kappa shape index (κ3) is 3.48. The molecule has 0 saturated heterocycles. The Labute approximate surface area is 127 Å². The van der Waals surface area contributed by atoms with Gasteiger partial charge in [-0.1, -0.05) is 31.9 Å². The second kappa shape index (κ2) is 6.64. The minimum Gasteiger partial charge on any atom is -0.493 e. The number of ether oxygens (including phenoxy) is 1. The predicted molar refractivity (Wildman–Crippen MR) is 84.7 cm³/mol. The maximum atomic E-state index is 12.1. The van der Waals surface area contributed by atoms with Gasteiger partial charge < -0.3 is 4.74 Å². The first-order valence-electron chi connectivity index (χ1n) is 8.53. The summed E-state index contributed by atoms with van der Waals surface area (Å²) in [6, 6.07) is 6.54. The fourth-order valence-electron chi connectivity index (χ4n) is 3.89. The number of ketones is 1. The molecule has 3 rings (SSSR count). The summed E-state index contributed by atoms with van der Waals surface area (Å²) in [7, 11) is 0. The molecule has 0 N–H and O–H groups in total. The Balaban J connectivity index is 1.57. The van der Waals surface area contributed by atoms with E-state index in [2.05, 4.69) is 25.1 Å². The molecule has 0 bridgehead atoms. The second-order valence-corrected chi connectivity index (χ2v) is 6.67. The van der Waals surface area contributed by atoms with Crippen LogP contribution in [0, 0.1) is 11.8 Å². The van der Waals surface area contributed by atoms with Gasteiger partial charge >= 0.3 is 0 Å². The third-order valence-electron chi connectivity index (χ3n) is 5.10. The molecule has 1 aromatic carbocycles. The number of benzene rings is 1. The first-order valence-corrected chi connectivity index (χ1v) is 8.53. The van der Waals surface area contributed by atoms with Crippen LogP contribution in [0.5, 0.6) is 5.75 Å².